The maximum atomic E-state index is 11.8. The Morgan fingerprint density at radius 3 is 2.44 bits per heavy atom. The molecular weight excluding hydrogens is 210 g/mol. The van der Waals surface area contributed by atoms with E-state index in [-0.39, 0.29) is 24.8 Å². The lowest BCUT2D eigenvalue weighted by Gasteiger charge is -2.21. The van der Waals surface area contributed by atoms with E-state index in [0.717, 1.165) is 4.90 Å². The fourth-order valence-corrected chi connectivity index (χ4v) is 1.72. The van der Waals surface area contributed by atoms with E-state index in [2.05, 4.69) is 5.32 Å². The second-order valence-corrected chi connectivity index (χ2v) is 4.61. The summed E-state index contributed by atoms with van der Waals surface area (Å²) in [6, 6.07) is -0.693. The molecule has 0 radical (unpaired) electrons. The van der Waals surface area contributed by atoms with E-state index in [1.165, 1.54) is 0 Å². The molecule has 0 spiro atoms. The highest BCUT2D eigenvalue weighted by atomic mass is 16.2. The molecule has 6 heteroatoms. The molecule has 1 atom stereocenters. The van der Waals surface area contributed by atoms with Crippen molar-refractivity contribution in [2.24, 2.45) is 11.1 Å². The molecule has 1 aliphatic heterocycles. The first-order chi connectivity index (χ1) is 7.29. The average Bonchev–Trinajstić information content (AvgIpc) is 2.34. The standard InChI is InChI=1S/C10H17N3O3/c1-10(2)4-7(14)13(9(10)16)5-6(12-3)8(11)15/h6,12H,4-5H2,1-3H3,(H2,11,15). The number of likely N-dealkylation sites (N-methyl/N-ethyl adjacent to an activating group) is 1. The van der Waals surface area contributed by atoms with Gasteiger partial charge in [-0.3, -0.25) is 19.3 Å². The molecule has 1 saturated heterocycles. The van der Waals surface area contributed by atoms with E-state index >= 15 is 0 Å². The fraction of sp³-hybridized carbons (Fsp3) is 0.700. The molecule has 1 heterocycles. The van der Waals surface area contributed by atoms with Gasteiger partial charge in [-0.25, -0.2) is 0 Å². The molecule has 3 amide bonds. The summed E-state index contributed by atoms with van der Waals surface area (Å²) in [6.45, 7) is 3.44. The number of nitrogens with zero attached hydrogens (tertiary/aromatic N) is 1. The van der Waals surface area contributed by atoms with Crippen LogP contribution in [-0.4, -0.2) is 42.3 Å². The van der Waals surface area contributed by atoms with Gasteiger partial charge in [0.25, 0.3) is 0 Å². The molecule has 3 N–H and O–H groups in total. The third-order valence-corrected chi connectivity index (χ3v) is 2.78. The number of likely N-dealkylation sites (tertiary alicyclic amines) is 1. The number of imide groups is 1. The lowest BCUT2D eigenvalue weighted by atomic mass is 9.92. The Kier molecular flexibility index (Phi) is 3.32. The van der Waals surface area contributed by atoms with Crippen LogP contribution in [0.5, 0.6) is 0 Å². The quantitative estimate of drug-likeness (QED) is 0.593. The number of amides is 3. The van der Waals surface area contributed by atoms with Crippen molar-refractivity contribution in [3.8, 4) is 0 Å². The maximum Gasteiger partial charge on any atom is 0.236 e. The summed E-state index contributed by atoms with van der Waals surface area (Å²) in [5, 5.41) is 2.68. The predicted octanol–water partition coefficient (Wildman–Crippen LogP) is -1.16. The molecule has 90 valence electrons. The third kappa shape index (κ3) is 2.21. The number of carbonyl (C=O) groups excluding carboxylic acids is 3. The van der Waals surface area contributed by atoms with Gasteiger partial charge in [0, 0.05) is 6.42 Å². The van der Waals surface area contributed by atoms with Gasteiger partial charge >= 0.3 is 0 Å². The molecule has 0 aromatic heterocycles. The molecule has 0 aromatic rings. The number of nitrogens with one attached hydrogen (secondary N) is 1. The van der Waals surface area contributed by atoms with Crippen molar-refractivity contribution in [3.63, 3.8) is 0 Å². The summed E-state index contributed by atoms with van der Waals surface area (Å²) >= 11 is 0. The summed E-state index contributed by atoms with van der Waals surface area (Å²) in [5.41, 5.74) is 4.46. The second kappa shape index (κ2) is 4.21. The minimum absolute atomic E-state index is 0.00687. The van der Waals surface area contributed by atoms with Gasteiger partial charge in [-0.2, -0.15) is 0 Å². The minimum atomic E-state index is -0.693. The molecule has 1 rings (SSSR count). The molecule has 0 bridgehead atoms. The molecule has 1 fully saturated rings. The summed E-state index contributed by atoms with van der Waals surface area (Å²) in [4.78, 5) is 35.5. The zero-order chi connectivity index (χ0) is 12.5. The SMILES string of the molecule is CNC(CN1C(=O)CC(C)(C)C1=O)C(N)=O. The molecule has 0 saturated carbocycles. The molecule has 1 aliphatic rings. The van der Waals surface area contributed by atoms with E-state index in [4.69, 9.17) is 5.73 Å². The van der Waals surface area contributed by atoms with Crippen LogP contribution in [-0.2, 0) is 14.4 Å². The van der Waals surface area contributed by atoms with E-state index in [1.54, 1.807) is 20.9 Å². The summed E-state index contributed by atoms with van der Waals surface area (Å²) in [5.74, 6) is -1.08. The highest BCUT2D eigenvalue weighted by Gasteiger charge is 2.45. The van der Waals surface area contributed by atoms with Crippen LogP contribution in [0.4, 0.5) is 0 Å². The Bertz CT molecular complexity index is 338. The van der Waals surface area contributed by atoms with Gasteiger partial charge in [0.05, 0.1) is 12.0 Å². The van der Waals surface area contributed by atoms with Crippen LogP contribution in [0.25, 0.3) is 0 Å². The van der Waals surface area contributed by atoms with Crippen molar-refractivity contribution in [2.75, 3.05) is 13.6 Å². The molecule has 1 unspecified atom stereocenters. The minimum Gasteiger partial charge on any atom is -0.368 e. The Morgan fingerprint density at radius 1 is 1.56 bits per heavy atom. The van der Waals surface area contributed by atoms with Gasteiger partial charge < -0.3 is 11.1 Å². The summed E-state index contributed by atoms with van der Waals surface area (Å²) < 4.78 is 0. The molecule has 16 heavy (non-hydrogen) atoms. The van der Waals surface area contributed by atoms with Crippen molar-refractivity contribution in [2.45, 2.75) is 26.3 Å². The van der Waals surface area contributed by atoms with Gasteiger partial charge in [-0.1, -0.05) is 13.8 Å². The van der Waals surface area contributed by atoms with E-state index in [0.29, 0.717) is 0 Å². The van der Waals surface area contributed by atoms with Crippen LogP contribution < -0.4 is 11.1 Å². The van der Waals surface area contributed by atoms with E-state index < -0.39 is 17.4 Å². The third-order valence-electron chi connectivity index (χ3n) is 2.78. The Balaban J connectivity index is 2.79. The maximum absolute atomic E-state index is 11.8. The average molecular weight is 227 g/mol. The van der Waals surface area contributed by atoms with Crippen LogP contribution in [0.1, 0.15) is 20.3 Å². The van der Waals surface area contributed by atoms with Crippen molar-refractivity contribution in [1.29, 1.82) is 0 Å². The van der Waals surface area contributed by atoms with Gasteiger partial charge in [0.15, 0.2) is 0 Å². The van der Waals surface area contributed by atoms with E-state index in [9.17, 15) is 14.4 Å². The normalized spacial score (nSPS) is 21.3. The van der Waals surface area contributed by atoms with E-state index in [1.807, 2.05) is 0 Å². The lowest BCUT2D eigenvalue weighted by Crippen LogP contribution is -2.49. The molecule has 6 nitrogen and oxygen atoms in total. The summed E-state index contributed by atoms with van der Waals surface area (Å²) in [6.07, 6.45) is 0.182. The predicted molar refractivity (Wildman–Crippen MR) is 57.2 cm³/mol. The largest absolute Gasteiger partial charge is 0.368 e. The van der Waals surface area contributed by atoms with Gasteiger partial charge in [-0.15, -0.1) is 0 Å². The Morgan fingerprint density at radius 2 is 2.12 bits per heavy atom. The number of primary amides is 1. The highest BCUT2D eigenvalue weighted by molar-refractivity contribution is 6.05. The zero-order valence-electron chi connectivity index (χ0n) is 9.74. The molecule has 0 aromatic carbocycles. The monoisotopic (exact) mass is 227 g/mol. The fourth-order valence-electron chi connectivity index (χ4n) is 1.72. The number of hydrogen-bond donors (Lipinski definition) is 2. The number of hydrogen-bond acceptors (Lipinski definition) is 4. The van der Waals surface area contributed by atoms with Crippen molar-refractivity contribution < 1.29 is 14.4 Å². The van der Waals surface area contributed by atoms with Crippen LogP contribution in [0.3, 0.4) is 0 Å². The Hall–Kier alpha value is -1.43. The first-order valence-electron chi connectivity index (χ1n) is 5.11. The second-order valence-electron chi connectivity index (χ2n) is 4.61. The lowest BCUT2D eigenvalue weighted by molar-refractivity contribution is -0.141. The number of nitrogens with two attached hydrogens (primary N) is 1. The van der Waals surface area contributed by atoms with Crippen LogP contribution in [0, 0.1) is 5.41 Å². The van der Waals surface area contributed by atoms with Crippen LogP contribution >= 0.6 is 0 Å². The molecule has 0 aliphatic carbocycles. The summed E-state index contributed by atoms with van der Waals surface area (Å²) in [7, 11) is 1.56. The molecular formula is C10H17N3O3. The van der Waals surface area contributed by atoms with Crippen LogP contribution in [0.2, 0.25) is 0 Å². The smallest absolute Gasteiger partial charge is 0.236 e. The van der Waals surface area contributed by atoms with Crippen molar-refractivity contribution >= 4 is 17.7 Å². The first kappa shape index (κ1) is 12.6. The van der Waals surface area contributed by atoms with Crippen LogP contribution in [0.15, 0.2) is 0 Å². The first-order valence-corrected chi connectivity index (χ1v) is 5.11. The van der Waals surface area contributed by atoms with Gasteiger partial charge in [0.1, 0.15) is 6.04 Å². The van der Waals surface area contributed by atoms with Gasteiger partial charge in [-0.05, 0) is 7.05 Å². The van der Waals surface area contributed by atoms with Crippen molar-refractivity contribution in [3.05, 3.63) is 0 Å². The topological polar surface area (TPSA) is 92.5 Å². The number of rotatable bonds is 4. The highest BCUT2D eigenvalue weighted by Crippen LogP contribution is 2.31. The Labute approximate surface area is 94.2 Å². The van der Waals surface area contributed by atoms with Gasteiger partial charge in [0.2, 0.25) is 17.7 Å². The van der Waals surface area contributed by atoms with Crippen molar-refractivity contribution in [1.82, 2.24) is 10.2 Å². The zero-order valence-corrected chi connectivity index (χ0v) is 9.74. The number of carbonyl (C=O) groups is 3.